The number of hydrogen-bond donors (Lipinski definition) is 1. The van der Waals surface area contributed by atoms with Crippen molar-refractivity contribution in [2.75, 3.05) is 5.75 Å². The molecule has 0 spiro atoms. The number of hydrogen-bond acceptors (Lipinski definition) is 3. The molecule has 0 bridgehead atoms. The van der Waals surface area contributed by atoms with E-state index in [1.54, 1.807) is 0 Å². The van der Waals surface area contributed by atoms with Crippen LogP contribution in [0.4, 0.5) is 0 Å². The van der Waals surface area contributed by atoms with Crippen molar-refractivity contribution in [2.24, 2.45) is 5.92 Å². The summed E-state index contributed by atoms with van der Waals surface area (Å²) in [5.41, 5.74) is 0. The summed E-state index contributed by atoms with van der Waals surface area (Å²) in [6.07, 6.45) is 0.469. The number of thiol groups is 1. The minimum Gasteiger partial charge on any atom is -0.463 e. The molecule has 0 aromatic heterocycles. The van der Waals surface area contributed by atoms with Crippen molar-refractivity contribution in [3.05, 3.63) is 0 Å². The maximum Gasteiger partial charge on any atom is 0.306 e. The summed E-state index contributed by atoms with van der Waals surface area (Å²) in [5.74, 6) is 0.916. The van der Waals surface area contributed by atoms with E-state index in [2.05, 4.69) is 12.6 Å². The Labute approximate surface area is 73.7 Å². The minimum atomic E-state index is -0.124. The predicted octanol–water partition coefficient (Wildman–Crippen LogP) is 1.89. The third-order valence-electron chi connectivity index (χ3n) is 1.19. The molecule has 0 aliphatic heterocycles. The third kappa shape index (κ3) is 6.23. The Morgan fingerprint density at radius 2 is 2.00 bits per heavy atom. The number of carbonyl (C=O) groups is 1. The van der Waals surface area contributed by atoms with E-state index in [-0.39, 0.29) is 12.1 Å². The molecular weight excluding hydrogens is 160 g/mol. The molecule has 0 aromatic carbocycles. The molecule has 0 aliphatic rings. The van der Waals surface area contributed by atoms with E-state index in [1.165, 1.54) is 0 Å². The van der Waals surface area contributed by atoms with Crippen LogP contribution in [0.5, 0.6) is 0 Å². The Morgan fingerprint density at radius 3 is 2.36 bits per heavy atom. The zero-order valence-electron chi connectivity index (χ0n) is 7.33. The van der Waals surface area contributed by atoms with Gasteiger partial charge in [-0.15, -0.1) is 0 Å². The fourth-order valence-electron chi connectivity index (χ4n) is 0.660. The fraction of sp³-hybridized carbons (Fsp3) is 0.875. The van der Waals surface area contributed by atoms with Crippen LogP contribution < -0.4 is 0 Å². The van der Waals surface area contributed by atoms with Crippen LogP contribution in [0.2, 0.25) is 0 Å². The molecule has 66 valence electrons. The van der Waals surface area contributed by atoms with Gasteiger partial charge >= 0.3 is 5.97 Å². The summed E-state index contributed by atoms with van der Waals surface area (Å²) in [6.45, 7) is 5.68. The monoisotopic (exact) mass is 176 g/mol. The van der Waals surface area contributed by atoms with Gasteiger partial charge in [0.1, 0.15) is 0 Å². The number of carbonyl (C=O) groups excluding carboxylic acids is 1. The van der Waals surface area contributed by atoms with Gasteiger partial charge in [-0.3, -0.25) is 4.79 Å². The summed E-state index contributed by atoms with van der Waals surface area (Å²) in [4.78, 5) is 11.0. The molecule has 3 heteroatoms. The predicted molar refractivity (Wildman–Crippen MR) is 48.9 cm³/mol. The second-order valence-corrected chi connectivity index (χ2v) is 3.40. The molecule has 0 N–H and O–H groups in total. The van der Waals surface area contributed by atoms with E-state index in [9.17, 15) is 4.79 Å². The standard InChI is InChI=1S/C8H16O2S/c1-6(2)10-8(9)4-7(3)5-11/h6-7,11H,4-5H2,1-3H3. The number of rotatable bonds is 4. The lowest BCUT2D eigenvalue weighted by molar-refractivity contribution is -0.148. The summed E-state index contributed by atoms with van der Waals surface area (Å²) >= 11 is 4.07. The Balaban J connectivity index is 3.52. The summed E-state index contributed by atoms with van der Waals surface area (Å²) in [7, 11) is 0. The van der Waals surface area contributed by atoms with Crippen molar-refractivity contribution in [2.45, 2.75) is 33.3 Å². The normalized spacial score (nSPS) is 13.2. The zero-order valence-corrected chi connectivity index (χ0v) is 8.23. The van der Waals surface area contributed by atoms with Crippen molar-refractivity contribution >= 4 is 18.6 Å². The minimum absolute atomic E-state index is 0.00498. The van der Waals surface area contributed by atoms with Crippen LogP contribution in [0.3, 0.4) is 0 Å². The van der Waals surface area contributed by atoms with Gasteiger partial charge in [0.2, 0.25) is 0 Å². The molecule has 11 heavy (non-hydrogen) atoms. The van der Waals surface area contributed by atoms with Gasteiger partial charge in [-0.2, -0.15) is 12.6 Å². The topological polar surface area (TPSA) is 26.3 Å². The Bertz CT molecular complexity index is 123. The van der Waals surface area contributed by atoms with Gasteiger partial charge in [-0.25, -0.2) is 0 Å². The summed E-state index contributed by atoms with van der Waals surface area (Å²) in [6, 6.07) is 0. The van der Waals surface area contributed by atoms with Crippen molar-refractivity contribution in [1.29, 1.82) is 0 Å². The first-order chi connectivity index (χ1) is 5.06. The molecule has 0 saturated carbocycles. The van der Waals surface area contributed by atoms with Gasteiger partial charge in [-0.05, 0) is 25.5 Å². The molecule has 0 heterocycles. The van der Waals surface area contributed by atoms with Crippen molar-refractivity contribution in [3.63, 3.8) is 0 Å². The van der Waals surface area contributed by atoms with E-state index in [4.69, 9.17) is 4.74 Å². The lowest BCUT2D eigenvalue weighted by Crippen LogP contribution is -2.14. The highest BCUT2D eigenvalue weighted by atomic mass is 32.1. The van der Waals surface area contributed by atoms with E-state index >= 15 is 0 Å². The molecule has 2 nitrogen and oxygen atoms in total. The second kappa shape index (κ2) is 5.47. The van der Waals surface area contributed by atoms with Gasteiger partial charge in [0.25, 0.3) is 0 Å². The largest absolute Gasteiger partial charge is 0.463 e. The van der Waals surface area contributed by atoms with Gasteiger partial charge in [0.05, 0.1) is 6.10 Å². The lowest BCUT2D eigenvalue weighted by atomic mass is 10.1. The highest BCUT2D eigenvalue weighted by molar-refractivity contribution is 7.80. The zero-order chi connectivity index (χ0) is 8.85. The van der Waals surface area contributed by atoms with E-state index in [0.29, 0.717) is 12.3 Å². The van der Waals surface area contributed by atoms with Crippen LogP contribution in [-0.2, 0) is 9.53 Å². The van der Waals surface area contributed by atoms with E-state index in [0.717, 1.165) is 5.75 Å². The SMILES string of the molecule is CC(CS)CC(=O)OC(C)C. The smallest absolute Gasteiger partial charge is 0.306 e. The molecule has 1 unspecified atom stereocenters. The average Bonchev–Trinajstić information content (AvgIpc) is 1.85. The Hall–Kier alpha value is -0.180. The van der Waals surface area contributed by atoms with Crippen LogP contribution in [0.1, 0.15) is 27.2 Å². The summed E-state index contributed by atoms with van der Waals surface area (Å²) < 4.78 is 4.95. The van der Waals surface area contributed by atoms with E-state index in [1.807, 2.05) is 20.8 Å². The first-order valence-corrected chi connectivity index (χ1v) is 4.49. The lowest BCUT2D eigenvalue weighted by Gasteiger charge is -2.10. The van der Waals surface area contributed by atoms with Gasteiger partial charge in [0, 0.05) is 6.42 Å². The van der Waals surface area contributed by atoms with Gasteiger partial charge < -0.3 is 4.74 Å². The van der Waals surface area contributed by atoms with Crippen molar-refractivity contribution in [3.8, 4) is 0 Å². The van der Waals surface area contributed by atoms with Crippen LogP contribution >= 0.6 is 12.6 Å². The highest BCUT2D eigenvalue weighted by Gasteiger charge is 2.09. The molecule has 0 aromatic rings. The van der Waals surface area contributed by atoms with Crippen molar-refractivity contribution in [1.82, 2.24) is 0 Å². The molecule has 0 fully saturated rings. The molecule has 0 rings (SSSR count). The van der Waals surface area contributed by atoms with Crippen LogP contribution in [0.15, 0.2) is 0 Å². The Morgan fingerprint density at radius 1 is 1.45 bits per heavy atom. The number of ether oxygens (including phenoxy) is 1. The quantitative estimate of drug-likeness (QED) is 0.523. The fourth-order valence-corrected chi connectivity index (χ4v) is 0.789. The van der Waals surface area contributed by atoms with Crippen LogP contribution in [0, 0.1) is 5.92 Å². The second-order valence-electron chi connectivity index (χ2n) is 3.03. The van der Waals surface area contributed by atoms with Crippen molar-refractivity contribution < 1.29 is 9.53 Å². The molecule has 0 radical (unpaired) electrons. The molecule has 0 amide bonds. The first-order valence-electron chi connectivity index (χ1n) is 3.86. The third-order valence-corrected chi connectivity index (χ3v) is 1.82. The molecule has 1 atom stereocenters. The van der Waals surface area contributed by atoms with E-state index < -0.39 is 0 Å². The summed E-state index contributed by atoms with van der Waals surface area (Å²) in [5, 5.41) is 0. The Kier molecular flexibility index (Phi) is 5.38. The van der Waals surface area contributed by atoms with Gasteiger partial charge in [-0.1, -0.05) is 6.92 Å². The number of esters is 1. The maximum absolute atomic E-state index is 11.0. The molecule has 0 aliphatic carbocycles. The highest BCUT2D eigenvalue weighted by Crippen LogP contribution is 2.05. The first kappa shape index (κ1) is 10.8. The van der Waals surface area contributed by atoms with Crippen LogP contribution in [-0.4, -0.2) is 17.8 Å². The molecule has 0 saturated heterocycles. The maximum atomic E-state index is 11.0. The van der Waals surface area contributed by atoms with Crippen LogP contribution in [0.25, 0.3) is 0 Å². The average molecular weight is 176 g/mol. The molecular formula is C8H16O2S. The van der Waals surface area contributed by atoms with Gasteiger partial charge in [0.15, 0.2) is 0 Å².